The smallest absolute Gasteiger partial charge is 0.317 e. The van der Waals surface area contributed by atoms with Gasteiger partial charge in [0.25, 0.3) is 0 Å². The standard InChI is InChI=1S/C12H17N3O3S/c1-12(10(16)17)3-5-15(7-12)11(18)13-4-2-9-6-19-8-14-9/h6,8H,2-5,7H2,1H3,(H,13,18)(H,16,17). The van der Waals surface area contributed by atoms with E-state index in [4.69, 9.17) is 5.11 Å². The summed E-state index contributed by atoms with van der Waals surface area (Å²) in [6.07, 6.45) is 1.20. The Bertz CT molecular complexity index is 463. The number of carboxylic acid groups (broad SMARTS) is 1. The second-order valence-corrected chi connectivity index (χ2v) is 5.72. The van der Waals surface area contributed by atoms with Crippen LogP contribution in [0, 0.1) is 5.41 Å². The Morgan fingerprint density at radius 3 is 3.00 bits per heavy atom. The Balaban J connectivity index is 1.77. The van der Waals surface area contributed by atoms with Crippen molar-refractivity contribution in [2.24, 2.45) is 5.41 Å². The number of thiazole rings is 1. The van der Waals surface area contributed by atoms with E-state index in [1.165, 1.54) is 11.3 Å². The van der Waals surface area contributed by atoms with Crippen molar-refractivity contribution in [3.63, 3.8) is 0 Å². The Labute approximate surface area is 115 Å². The van der Waals surface area contributed by atoms with Gasteiger partial charge in [0.05, 0.1) is 16.6 Å². The second kappa shape index (κ2) is 5.56. The number of hydrogen-bond acceptors (Lipinski definition) is 4. The average molecular weight is 283 g/mol. The fraction of sp³-hybridized carbons (Fsp3) is 0.583. The summed E-state index contributed by atoms with van der Waals surface area (Å²) in [4.78, 5) is 28.7. The number of carbonyl (C=O) groups is 2. The van der Waals surface area contributed by atoms with Crippen molar-refractivity contribution in [2.75, 3.05) is 19.6 Å². The van der Waals surface area contributed by atoms with Crippen molar-refractivity contribution < 1.29 is 14.7 Å². The first-order valence-corrected chi connectivity index (χ1v) is 7.09. The highest BCUT2D eigenvalue weighted by molar-refractivity contribution is 7.07. The maximum atomic E-state index is 11.9. The Kier molecular flexibility index (Phi) is 4.04. The van der Waals surface area contributed by atoms with Crippen molar-refractivity contribution in [1.82, 2.24) is 15.2 Å². The molecule has 0 radical (unpaired) electrons. The topological polar surface area (TPSA) is 82.5 Å². The molecule has 1 aromatic rings. The summed E-state index contributed by atoms with van der Waals surface area (Å²) in [7, 11) is 0. The van der Waals surface area contributed by atoms with Gasteiger partial charge >= 0.3 is 12.0 Å². The summed E-state index contributed by atoms with van der Waals surface area (Å²) in [5, 5.41) is 13.9. The SMILES string of the molecule is CC1(C(=O)O)CCN(C(=O)NCCc2cscn2)C1. The molecule has 1 aliphatic rings. The number of rotatable bonds is 4. The molecule has 2 amide bonds. The lowest BCUT2D eigenvalue weighted by atomic mass is 9.90. The minimum absolute atomic E-state index is 0.194. The fourth-order valence-corrected chi connectivity index (χ4v) is 2.67. The van der Waals surface area contributed by atoms with Crippen molar-refractivity contribution in [3.05, 3.63) is 16.6 Å². The van der Waals surface area contributed by atoms with Gasteiger partial charge in [0.2, 0.25) is 0 Å². The van der Waals surface area contributed by atoms with Crippen molar-refractivity contribution >= 4 is 23.3 Å². The zero-order chi connectivity index (χ0) is 13.9. The Morgan fingerprint density at radius 1 is 1.63 bits per heavy atom. The first-order valence-electron chi connectivity index (χ1n) is 6.14. The minimum atomic E-state index is -0.842. The van der Waals surface area contributed by atoms with Crippen LogP contribution in [0.1, 0.15) is 19.0 Å². The van der Waals surface area contributed by atoms with Gasteiger partial charge in [-0.15, -0.1) is 11.3 Å². The number of amides is 2. The van der Waals surface area contributed by atoms with Crippen LogP contribution in [0.3, 0.4) is 0 Å². The molecular formula is C12H17N3O3S. The van der Waals surface area contributed by atoms with E-state index in [1.807, 2.05) is 5.38 Å². The number of nitrogens with one attached hydrogen (secondary N) is 1. The molecule has 1 aromatic heterocycles. The van der Waals surface area contributed by atoms with Crippen molar-refractivity contribution in [3.8, 4) is 0 Å². The highest BCUT2D eigenvalue weighted by Gasteiger charge is 2.42. The summed E-state index contributed by atoms with van der Waals surface area (Å²) in [6.45, 7) is 2.96. The van der Waals surface area contributed by atoms with Gasteiger partial charge < -0.3 is 15.3 Å². The van der Waals surface area contributed by atoms with Gasteiger partial charge in [-0.3, -0.25) is 4.79 Å². The average Bonchev–Trinajstić information content (AvgIpc) is 2.99. The predicted molar refractivity (Wildman–Crippen MR) is 71.1 cm³/mol. The van der Waals surface area contributed by atoms with Crippen molar-refractivity contribution in [1.29, 1.82) is 0 Å². The molecule has 0 spiro atoms. The quantitative estimate of drug-likeness (QED) is 0.869. The van der Waals surface area contributed by atoms with E-state index in [0.29, 0.717) is 25.9 Å². The molecule has 6 nitrogen and oxygen atoms in total. The van der Waals surface area contributed by atoms with E-state index in [0.717, 1.165) is 5.69 Å². The molecule has 1 saturated heterocycles. The maximum absolute atomic E-state index is 11.9. The number of carbonyl (C=O) groups excluding carboxylic acids is 1. The number of likely N-dealkylation sites (tertiary alicyclic amines) is 1. The summed E-state index contributed by atoms with van der Waals surface area (Å²) in [5.74, 6) is -0.842. The highest BCUT2D eigenvalue weighted by atomic mass is 32.1. The van der Waals surface area contributed by atoms with Gasteiger partial charge in [-0.1, -0.05) is 0 Å². The zero-order valence-corrected chi connectivity index (χ0v) is 11.6. The third kappa shape index (κ3) is 3.23. The first kappa shape index (κ1) is 13.8. The summed E-state index contributed by atoms with van der Waals surface area (Å²) >= 11 is 1.53. The Hall–Kier alpha value is -1.63. The molecule has 0 saturated carbocycles. The summed E-state index contributed by atoms with van der Waals surface area (Å²) in [5.41, 5.74) is 1.91. The number of urea groups is 1. The van der Waals surface area contributed by atoms with Crippen LogP contribution in [0.4, 0.5) is 4.79 Å². The third-order valence-corrected chi connectivity index (χ3v) is 4.05. The van der Waals surface area contributed by atoms with Crippen LogP contribution in [0.15, 0.2) is 10.9 Å². The van der Waals surface area contributed by atoms with Gasteiger partial charge in [0.15, 0.2) is 0 Å². The fourth-order valence-electron chi connectivity index (χ4n) is 2.08. The number of nitrogens with zero attached hydrogens (tertiary/aromatic N) is 2. The maximum Gasteiger partial charge on any atom is 0.317 e. The van der Waals surface area contributed by atoms with E-state index in [9.17, 15) is 9.59 Å². The minimum Gasteiger partial charge on any atom is -0.481 e. The molecule has 2 heterocycles. The second-order valence-electron chi connectivity index (χ2n) is 5.00. The van der Waals surface area contributed by atoms with Crippen LogP contribution >= 0.6 is 11.3 Å². The zero-order valence-electron chi connectivity index (χ0n) is 10.8. The molecule has 1 fully saturated rings. The van der Waals surface area contributed by atoms with Gasteiger partial charge in [-0.2, -0.15) is 0 Å². The van der Waals surface area contributed by atoms with E-state index in [1.54, 1.807) is 17.3 Å². The molecular weight excluding hydrogens is 266 g/mol. The lowest BCUT2D eigenvalue weighted by molar-refractivity contribution is -0.146. The van der Waals surface area contributed by atoms with E-state index < -0.39 is 11.4 Å². The predicted octanol–water partition coefficient (Wildman–Crippen LogP) is 1.19. The molecule has 0 aliphatic carbocycles. The normalized spacial score (nSPS) is 22.5. The van der Waals surface area contributed by atoms with Crippen LogP contribution in [0.25, 0.3) is 0 Å². The largest absolute Gasteiger partial charge is 0.481 e. The van der Waals surface area contributed by atoms with Crippen LogP contribution in [-0.4, -0.2) is 46.6 Å². The number of carboxylic acids is 1. The van der Waals surface area contributed by atoms with E-state index in [2.05, 4.69) is 10.3 Å². The number of aliphatic carboxylic acids is 1. The van der Waals surface area contributed by atoms with Crippen LogP contribution in [0.2, 0.25) is 0 Å². The molecule has 7 heteroatoms. The first-order chi connectivity index (χ1) is 9.01. The molecule has 19 heavy (non-hydrogen) atoms. The van der Waals surface area contributed by atoms with Gasteiger partial charge in [-0.25, -0.2) is 9.78 Å². The molecule has 0 bridgehead atoms. The molecule has 1 unspecified atom stereocenters. The van der Waals surface area contributed by atoms with Crippen LogP contribution < -0.4 is 5.32 Å². The lowest BCUT2D eigenvalue weighted by Crippen LogP contribution is -2.41. The molecule has 1 aliphatic heterocycles. The van der Waals surface area contributed by atoms with Crippen LogP contribution in [0.5, 0.6) is 0 Å². The molecule has 0 aromatic carbocycles. The van der Waals surface area contributed by atoms with Gasteiger partial charge in [0.1, 0.15) is 0 Å². The lowest BCUT2D eigenvalue weighted by Gasteiger charge is -2.20. The number of hydrogen-bond donors (Lipinski definition) is 2. The van der Waals surface area contributed by atoms with Gasteiger partial charge in [-0.05, 0) is 13.3 Å². The van der Waals surface area contributed by atoms with Gasteiger partial charge in [0, 0.05) is 31.4 Å². The Morgan fingerprint density at radius 2 is 2.42 bits per heavy atom. The number of aromatic nitrogens is 1. The van der Waals surface area contributed by atoms with Crippen LogP contribution in [-0.2, 0) is 11.2 Å². The summed E-state index contributed by atoms with van der Waals surface area (Å²) < 4.78 is 0. The van der Waals surface area contributed by atoms with Crippen molar-refractivity contribution in [2.45, 2.75) is 19.8 Å². The molecule has 1 atom stereocenters. The van der Waals surface area contributed by atoms with E-state index in [-0.39, 0.29) is 12.6 Å². The third-order valence-electron chi connectivity index (χ3n) is 3.42. The molecule has 2 rings (SSSR count). The van der Waals surface area contributed by atoms with E-state index >= 15 is 0 Å². The molecule has 2 N–H and O–H groups in total. The monoisotopic (exact) mass is 283 g/mol. The highest BCUT2D eigenvalue weighted by Crippen LogP contribution is 2.29. The summed E-state index contributed by atoms with van der Waals surface area (Å²) in [6, 6.07) is -0.194. The molecule has 104 valence electrons.